The molecule has 0 aliphatic carbocycles. The molecule has 2 aromatic rings. The van der Waals surface area contributed by atoms with E-state index in [0.29, 0.717) is 0 Å². The summed E-state index contributed by atoms with van der Waals surface area (Å²) in [5.41, 5.74) is 2.19. The van der Waals surface area contributed by atoms with E-state index in [1.165, 1.54) is 0 Å². The number of rotatable bonds is 1. The summed E-state index contributed by atoms with van der Waals surface area (Å²) in [6.07, 6.45) is 0.967. The minimum absolute atomic E-state index is 0. The second-order valence-electron chi connectivity index (χ2n) is 2.55. The maximum Gasteiger partial charge on any atom is 0.106 e. The minimum Gasteiger partial charge on any atom is -0.342 e. The van der Waals surface area contributed by atoms with E-state index in [9.17, 15) is 0 Å². The molecule has 12 heavy (non-hydrogen) atoms. The number of hydrogen-bond donors (Lipinski definition) is 1. The Morgan fingerprint density at radius 2 is 2.08 bits per heavy atom. The van der Waals surface area contributed by atoms with Gasteiger partial charge in [-0.1, -0.05) is 19.1 Å². The molecule has 0 spiro atoms. The quantitative estimate of drug-likeness (QED) is 0.722. The first-order valence-corrected chi connectivity index (χ1v) is 3.84. The standard InChI is InChI=1S/C9H10N2.ClH/c1-2-9-10-7-5-3-4-6-8(7)11-9;/h3-6H,2H2,1H3,(H,10,11);1H. The molecule has 0 bridgehead atoms. The lowest BCUT2D eigenvalue weighted by Gasteiger charge is -1.82. The average molecular weight is 183 g/mol. The van der Waals surface area contributed by atoms with E-state index >= 15 is 0 Å². The van der Waals surface area contributed by atoms with Gasteiger partial charge in [0.15, 0.2) is 0 Å². The fourth-order valence-corrected chi connectivity index (χ4v) is 1.17. The predicted octanol–water partition coefficient (Wildman–Crippen LogP) is 2.55. The number of nitrogens with zero attached hydrogens (tertiary/aromatic N) is 1. The van der Waals surface area contributed by atoms with E-state index in [2.05, 4.69) is 16.9 Å². The number of aryl methyl sites for hydroxylation is 1. The number of para-hydroxylation sites is 2. The Kier molecular flexibility index (Phi) is 2.71. The van der Waals surface area contributed by atoms with Gasteiger partial charge in [-0.05, 0) is 12.1 Å². The molecule has 0 saturated heterocycles. The highest BCUT2D eigenvalue weighted by Crippen LogP contribution is 2.09. The van der Waals surface area contributed by atoms with Gasteiger partial charge in [0.05, 0.1) is 11.0 Å². The summed E-state index contributed by atoms with van der Waals surface area (Å²) in [6, 6.07) is 8.08. The third-order valence-electron chi connectivity index (χ3n) is 1.77. The fourth-order valence-electron chi connectivity index (χ4n) is 1.17. The van der Waals surface area contributed by atoms with Crippen LogP contribution in [0, 0.1) is 0 Å². The number of imidazole rings is 1. The van der Waals surface area contributed by atoms with E-state index in [1.54, 1.807) is 0 Å². The van der Waals surface area contributed by atoms with Crippen molar-refractivity contribution in [3.05, 3.63) is 30.1 Å². The first-order chi connectivity index (χ1) is 5.40. The van der Waals surface area contributed by atoms with Crippen LogP contribution in [0.25, 0.3) is 11.0 Å². The van der Waals surface area contributed by atoms with Crippen molar-refractivity contribution >= 4 is 23.4 Å². The van der Waals surface area contributed by atoms with Crippen molar-refractivity contribution in [2.24, 2.45) is 0 Å². The van der Waals surface area contributed by atoms with Crippen molar-refractivity contribution in [1.82, 2.24) is 9.97 Å². The summed E-state index contributed by atoms with van der Waals surface area (Å²) in [5, 5.41) is 0. The molecule has 1 aromatic carbocycles. The van der Waals surface area contributed by atoms with Gasteiger partial charge >= 0.3 is 0 Å². The molecular weight excluding hydrogens is 172 g/mol. The number of fused-ring (bicyclic) bond motifs is 1. The number of H-pyrrole nitrogens is 1. The van der Waals surface area contributed by atoms with Crippen LogP contribution in [0.3, 0.4) is 0 Å². The third kappa shape index (κ3) is 1.43. The molecule has 1 N–H and O–H groups in total. The SMILES string of the molecule is CCc1nc2ccccc2[nH]1.Cl. The highest BCUT2D eigenvalue weighted by atomic mass is 35.5. The zero-order chi connectivity index (χ0) is 7.68. The van der Waals surface area contributed by atoms with Crippen molar-refractivity contribution in [1.29, 1.82) is 0 Å². The van der Waals surface area contributed by atoms with Gasteiger partial charge in [-0.3, -0.25) is 0 Å². The van der Waals surface area contributed by atoms with Crippen molar-refractivity contribution in [2.75, 3.05) is 0 Å². The second-order valence-corrected chi connectivity index (χ2v) is 2.55. The predicted molar refractivity (Wildman–Crippen MR) is 52.7 cm³/mol. The van der Waals surface area contributed by atoms with Gasteiger partial charge in [-0.25, -0.2) is 4.98 Å². The maximum atomic E-state index is 4.38. The van der Waals surface area contributed by atoms with E-state index in [-0.39, 0.29) is 12.4 Å². The van der Waals surface area contributed by atoms with E-state index < -0.39 is 0 Å². The van der Waals surface area contributed by atoms with Crippen LogP contribution in [-0.2, 0) is 6.42 Å². The summed E-state index contributed by atoms with van der Waals surface area (Å²) >= 11 is 0. The average Bonchev–Trinajstić information content (AvgIpc) is 2.46. The molecule has 2 rings (SSSR count). The molecular formula is C9H11ClN2. The van der Waals surface area contributed by atoms with Gasteiger partial charge < -0.3 is 4.98 Å². The maximum absolute atomic E-state index is 4.38. The molecule has 64 valence electrons. The van der Waals surface area contributed by atoms with Gasteiger partial charge in [0.25, 0.3) is 0 Å². The van der Waals surface area contributed by atoms with E-state index in [0.717, 1.165) is 23.3 Å². The normalized spacial score (nSPS) is 9.75. The third-order valence-corrected chi connectivity index (χ3v) is 1.77. The molecule has 0 aliphatic heterocycles. The van der Waals surface area contributed by atoms with Crippen LogP contribution < -0.4 is 0 Å². The number of aromatic amines is 1. The Balaban J connectivity index is 0.000000720. The summed E-state index contributed by atoms with van der Waals surface area (Å²) in [4.78, 5) is 7.61. The number of hydrogen-bond acceptors (Lipinski definition) is 1. The Bertz CT molecular complexity index is 334. The van der Waals surface area contributed by atoms with Gasteiger partial charge in [0, 0.05) is 6.42 Å². The first kappa shape index (κ1) is 9.07. The van der Waals surface area contributed by atoms with Crippen molar-refractivity contribution in [2.45, 2.75) is 13.3 Å². The Labute approximate surface area is 77.4 Å². The molecule has 0 saturated carbocycles. The highest BCUT2D eigenvalue weighted by molar-refractivity contribution is 5.85. The molecule has 1 aromatic heterocycles. The monoisotopic (exact) mass is 182 g/mol. The number of aromatic nitrogens is 2. The molecule has 0 unspecified atom stereocenters. The smallest absolute Gasteiger partial charge is 0.106 e. The van der Waals surface area contributed by atoms with Crippen LogP contribution in [-0.4, -0.2) is 9.97 Å². The lowest BCUT2D eigenvalue weighted by Crippen LogP contribution is -1.79. The van der Waals surface area contributed by atoms with Crippen LogP contribution in [0.15, 0.2) is 24.3 Å². The van der Waals surface area contributed by atoms with Crippen LogP contribution in [0.2, 0.25) is 0 Å². The largest absolute Gasteiger partial charge is 0.342 e. The zero-order valence-electron chi connectivity index (χ0n) is 6.87. The van der Waals surface area contributed by atoms with Gasteiger partial charge in [-0.15, -0.1) is 12.4 Å². The molecule has 0 amide bonds. The van der Waals surface area contributed by atoms with Crippen molar-refractivity contribution in [3.63, 3.8) is 0 Å². The molecule has 0 fully saturated rings. The van der Waals surface area contributed by atoms with Gasteiger partial charge in [0.1, 0.15) is 5.82 Å². The second kappa shape index (κ2) is 3.59. The van der Waals surface area contributed by atoms with Crippen LogP contribution in [0.1, 0.15) is 12.7 Å². The summed E-state index contributed by atoms with van der Waals surface area (Å²) in [5.74, 6) is 1.06. The van der Waals surface area contributed by atoms with Crippen molar-refractivity contribution < 1.29 is 0 Å². The van der Waals surface area contributed by atoms with Crippen LogP contribution in [0.4, 0.5) is 0 Å². The molecule has 0 aliphatic rings. The number of halogens is 1. The lowest BCUT2D eigenvalue weighted by atomic mass is 10.3. The molecule has 3 heteroatoms. The lowest BCUT2D eigenvalue weighted by molar-refractivity contribution is 1.00. The topological polar surface area (TPSA) is 28.7 Å². The summed E-state index contributed by atoms with van der Waals surface area (Å²) < 4.78 is 0. The zero-order valence-corrected chi connectivity index (χ0v) is 7.69. The fraction of sp³-hybridized carbons (Fsp3) is 0.222. The summed E-state index contributed by atoms with van der Waals surface area (Å²) in [6.45, 7) is 2.09. The molecule has 2 nitrogen and oxygen atoms in total. The Morgan fingerprint density at radius 1 is 1.33 bits per heavy atom. The number of benzene rings is 1. The molecule has 0 atom stereocenters. The Hall–Kier alpha value is -1.02. The number of nitrogens with one attached hydrogen (secondary N) is 1. The van der Waals surface area contributed by atoms with Crippen LogP contribution in [0.5, 0.6) is 0 Å². The van der Waals surface area contributed by atoms with E-state index in [4.69, 9.17) is 0 Å². The van der Waals surface area contributed by atoms with Crippen LogP contribution >= 0.6 is 12.4 Å². The van der Waals surface area contributed by atoms with Gasteiger partial charge in [0.2, 0.25) is 0 Å². The van der Waals surface area contributed by atoms with Gasteiger partial charge in [-0.2, -0.15) is 0 Å². The first-order valence-electron chi connectivity index (χ1n) is 3.84. The highest BCUT2D eigenvalue weighted by Gasteiger charge is 1.97. The minimum atomic E-state index is 0. The van der Waals surface area contributed by atoms with E-state index in [1.807, 2.05) is 24.3 Å². The Morgan fingerprint density at radius 3 is 2.75 bits per heavy atom. The molecule has 1 heterocycles. The van der Waals surface area contributed by atoms with Crippen molar-refractivity contribution in [3.8, 4) is 0 Å². The summed E-state index contributed by atoms with van der Waals surface area (Å²) in [7, 11) is 0. The molecule has 0 radical (unpaired) electrons.